The third-order valence-electron chi connectivity index (χ3n) is 7.58. The Morgan fingerprint density at radius 3 is 2.34 bits per heavy atom. The van der Waals surface area contributed by atoms with Gasteiger partial charge >= 0.3 is 12.1 Å². The van der Waals surface area contributed by atoms with Crippen molar-refractivity contribution in [2.24, 2.45) is 0 Å². The fourth-order valence-corrected chi connectivity index (χ4v) is 5.23. The Morgan fingerprint density at radius 2 is 1.66 bits per heavy atom. The van der Waals surface area contributed by atoms with E-state index in [9.17, 15) is 18.8 Å². The van der Waals surface area contributed by atoms with E-state index in [4.69, 9.17) is 14.5 Å². The van der Waals surface area contributed by atoms with Crippen LogP contribution in [-0.4, -0.2) is 50.6 Å². The van der Waals surface area contributed by atoms with Gasteiger partial charge in [0.2, 0.25) is 5.91 Å². The highest BCUT2D eigenvalue weighted by atomic mass is 19.1. The second-order valence-corrected chi connectivity index (χ2v) is 12.5. The topological polar surface area (TPSA) is 115 Å². The first kappa shape index (κ1) is 33.2. The summed E-state index contributed by atoms with van der Waals surface area (Å²) in [5.74, 6) is 0.152. The molecule has 2 amide bonds. The van der Waals surface area contributed by atoms with Gasteiger partial charge in [-0.1, -0.05) is 48.0 Å². The van der Waals surface area contributed by atoms with Crippen molar-refractivity contribution in [1.29, 1.82) is 0 Å². The highest BCUT2D eigenvalue weighted by molar-refractivity contribution is 5.86. The zero-order chi connectivity index (χ0) is 33.6. The smallest absolute Gasteiger partial charge is 0.408 e. The molecule has 0 bridgehead atoms. The van der Waals surface area contributed by atoms with Crippen molar-refractivity contribution in [3.63, 3.8) is 0 Å². The van der Waals surface area contributed by atoms with Crippen LogP contribution in [-0.2, 0) is 38.8 Å². The number of carbonyl (C=O) groups is 3. The molecule has 1 aromatic heterocycles. The summed E-state index contributed by atoms with van der Waals surface area (Å²) in [5, 5.41) is 6.14. The minimum Gasteiger partial charge on any atom is -0.461 e. The lowest BCUT2D eigenvalue weighted by Gasteiger charge is -2.32. The number of ether oxygens (including phenoxy) is 2. The number of hydrogen-bond donors (Lipinski definition) is 2. The standard InChI is InChI=1S/C36H40FN5O5/c1-24-10-16-28(17-11-24)38-33-32(26-12-14-27(37)15-13-26)40-30-22-41(20-21-42(30)33)34(44)29(39-35(45)47-36(2,3)4)18-19-31(43)46-23-25-8-6-5-7-9-25/h5-17,29,38H,18-23H2,1-4H3,(H,39,45)/t29-/m0/s1. The summed E-state index contributed by atoms with van der Waals surface area (Å²) in [7, 11) is 0. The SMILES string of the molecule is Cc1ccc(Nc2c(-c3ccc(F)cc3)nc3n2CCN(C(=O)[C@H](CCC(=O)OCc2ccccc2)NC(=O)OC(C)(C)C)C3)cc1. The van der Waals surface area contributed by atoms with E-state index < -0.39 is 23.7 Å². The first-order valence-electron chi connectivity index (χ1n) is 15.6. The zero-order valence-corrected chi connectivity index (χ0v) is 27.1. The second-order valence-electron chi connectivity index (χ2n) is 12.5. The molecule has 0 unspecified atom stereocenters. The quantitative estimate of drug-likeness (QED) is 0.190. The number of fused-ring (bicyclic) bond motifs is 1. The van der Waals surface area contributed by atoms with Crippen LogP contribution >= 0.6 is 0 Å². The molecule has 2 N–H and O–H groups in total. The Hall–Kier alpha value is -5.19. The molecule has 47 heavy (non-hydrogen) atoms. The number of halogens is 1. The fourth-order valence-electron chi connectivity index (χ4n) is 5.23. The lowest BCUT2D eigenvalue weighted by molar-refractivity contribution is -0.145. The third kappa shape index (κ3) is 8.96. The van der Waals surface area contributed by atoms with Gasteiger partial charge < -0.3 is 29.6 Å². The minimum absolute atomic E-state index is 0.0255. The molecular formula is C36H40FN5O5. The summed E-state index contributed by atoms with van der Waals surface area (Å²) in [4.78, 5) is 45.8. The van der Waals surface area contributed by atoms with E-state index in [1.165, 1.54) is 12.1 Å². The third-order valence-corrected chi connectivity index (χ3v) is 7.58. The molecule has 10 nitrogen and oxygen atoms in total. The van der Waals surface area contributed by atoms with Crippen LogP contribution in [0.15, 0.2) is 78.9 Å². The monoisotopic (exact) mass is 641 g/mol. The predicted octanol–water partition coefficient (Wildman–Crippen LogP) is 6.50. The molecular weight excluding hydrogens is 601 g/mol. The highest BCUT2D eigenvalue weighted by Gasteiger charge is 2.33. The highest BCUT2D eigenvalue weighted by Crippen LogP contribution is 2.33. The van der Waals surface area contributed by atoms with Crippen LogP contribution < -0.4 is 10.6 Å². The molecule has 2 heterocycles. The van der Waals surface area contributed by atoms with Gasteiger partial charge in [0.25, 0.3) is 0 Å². The number of aromatic nitrogens is 2. The number of carbonyl (C=O) groups excluding carboxylic acids is 3. The van der Waals surface area contributed by atoms with E-state index in [1.807, 2.05) is 66.1 Å². The minimum atomic E-state index is -1.03. The van der Waals surface area contributed by atoms with Crippen molar-refractivity contribution in [1.82, 2.24) is 19.8 Å². The van der Waals surface area contributed by atoms with E-state index in [0.29, 0.717) is 24.6 Å². The van der Waals surface area contributed by atoms with E-state index in [-0.39, 0.29) is 37.7 Å². The van der Waals surface area contributed by atoms with Crippen molar-refractivity contribution in [3.8, 4) is 11.3 Å². The van der Waals surface area contributed by atoms with Crippen LogP contribution in [0, 0.1) is 12.7 Å². The zero-order valence-electron chi connectivity index (χ0n) is 27.1. The van der Waals surface area contributed by atoms with Gasteiger partial charge in [-0.15, -0.1) is 0 Å². The van der Waals surface area contributed by atoms with Gasteiger partial charge in [0.05, 0.1) is 6.54 Å². The van der Waals surface area contributed by atoms with E-state index in [0.717, 1.165) is 28.2 Å². The van der Waals surface area contributed by atoms with Gasteiger partial charge in [-0.2, -0.15) is 0 Å². The number of alkyl carbamates (subject to hydrolysis) is 1. The number of nitrogens with one attached hydrogen (secondary N) is 2. The van der Waals surface area contributed by atoms with Gasteiger partial charge in [0, 0.05) is 30.8 Å². The normalized spacial score (nSPS) is 13.3. The Kier molecular flexibility index (Phi) is 10.2. The number of nitrogens with zero attached hydrogens (tertiary/aromatic N) is 3. The number of aryl methyl sites for hydroxylation is 1. The van der Waals surface area contributed by atoms with E-state index >= 15 is 0 Å². The molecule has 0 fully saturated rings. The number of amides is 2. The molecule has 5 rings (SSSR count). The second kappa shape index (κ2) is 14.5. The lowest BCUT2D eigenvalue weighted by Crippen LogP contribution is -2.51. The number of anilines is 2. The van der Waals surface area contributed by atoms with Gasteiger partial charge in [-0.3, -0.25) is 9.59 Å². The van der Waals surface area contributed by atoms with Gasteiger partial charge in [0.1, 0.15) is 41.4 Å². The molecule has 0 saturated heterocycles. The first-order valence-corrected chi connectivity index (χ1v) is 15.6. The average molecular weight is 642 g/mol. The van der Waals surface area contributed by atoms with Crippen LogP contribution in [0.3, 0.4) is 0 Å². The maximum atomic E-state index is 13.9. The number of rotatable bonds is 10. The number of imidazole rings is 1. The summed E-state index contributed by atoms with van der Waals surface area (Å²) in [5.41, 5.74) is 3.40. The van der Waals surface area contributed by atoms with Crippen LogP contribution in [0.5, 0.6) is 0 Å². The molecule has 246 valence electrons. The summed E-state index contributed by atoms with van der Waals surface area (Å²) in [6.45, 7) is 8.23. The lowest BCUT2D eigenvalue weighted by atomic mass is 10.1. The fraction of sp³-hybridized carbons (Fsp3) is 0.333. The van der Waals surface area contributed by atoms with Gasteiger partial charge in [-0.05, 0) is 76.1 Å². The average Bonchev–Trinajstić information content (AvgIpc) is 3.40. The number of benzene rings is 3. The Bertz CT molecular complexity index is 1700. The van der Waals surface area contributed by atoms with Crippen LogP contribution in [0.2, 0.25) is 0 Å². The van der Waals surface area contributed by atoms with Crippen molar-refractivity contribution in [2.75, 3.05) is 11.9 Å². The molecule has 1 atom stereocenters. The van der Waals surface area contributed by atoms with Crippen LogP contribution in [0.25, 0.3) is 11.3 Å². The summed E-state index contributed by atoms with van der Waals surface area (Å²) in [6, 6.07) is 22.3. The molecule has 1 aliphatic rings. The Morgan fingerprint density at radius 1 is 0.957 bits per heavy atom. The Balaban J connectivity index is 1.35. The van der Waals surface area contributed by atoms with E-state index in [1.54, 1.807) is 37.8 Å². The van der Waals surface area contributed by atoms with Crippen molar-refractivity contribution in [3.05, 3.63) is 102 Å². The molecule has 4 aromatic rings. The maximum absolute atomic E-state index is 13.9. The summed E-state index contributed by atoms with van der Waals surface area (Å²) >= 11 is 0. The number of hydrogen-bond acceptors (Lipinski definition) is 7. The van der Waals surface area contributed by atoms with Crippen LogP contribution in [0.1, 0.15) is 50.6 Å². The molecule has 1 aliphatic heterocycles. The van der Waals surface area contributed by atoms with Gasteiger partial charge in [-0.25, -0.2) is 14.2 Å². The van der Waals surface area contributed by atoms with Crippen molar-refractivity contribution < 1.29 is 28.2 Å². The van der Waals surface area contributed by atoms with Crippen molar-refractivity contribution in [2.45, 2.75) is 71.9 Å². The van der Waals surface area contributed by atoms with Gasteiger partial charge in [0.15, 0.2) is 0 Å². The molecule has 11 heteroatoms. The predicted molar refractivity (Wildman–Crippen MR) is 176 cm³/mol. The summed E-state index contributed by atoms with van der Waals surface area (Å²) < 4.78 is 26.6. The molecule has 0 saturated carbocycles. The van der Waals surface area contributed by atoms with E-state index in [2.05, 4.69) is 10.6 Å². The Labute approximate surface area is 273 Å². The summed E-state index contributed by atoms with van der Waals surface area (Å²) in [6.07, 6.45) is -0.811. The molecule has 0 spiro atoms. The molecule has 0 aliphatic carbocycles. The van der Waals surface area contributed by atoms with Crippen LogP contribution in [0.4, 0.5) is 20.7 Å². The molecule has 0 radical (unpaired) electrons. The van der Waals surface area contributed by atoms with Crippen molar-refractivity contribution >= 4 is 29.5 Å². The first-order chi connectivity index (χ1) is 22.4. The molecule has 3 aromatic carbocycles. The maximum Gasteiger partial charge on any atom is 0.408 e. The largest absolute Gasteiger partial charge is 0.461 e. The number of esters is 1.